The van der Waals surface area contributed by atoms with Gasteiger partial charge in [0, 0.05) is 11.9 Å². The van der Waals surface area contributed by atoms with E-state index in [0.29, 0.717) is 0 Å². The highest BCUT2D eigenvalue weighted by molar-refractivity contribution is 5.81. The molecule has 0 aliphatic rings. The van der Waals surface area contributed by atoms with Gasteiger partial charge in [-0.15, -0.1) is 0 Å². The summed E-state index contributed by atoms with van der Waals surface area (Å²) in [5, 5.41) is 5.92. The maximum atomic E-state index is 4.61. The normalized spacial score (nSPS) is 11.0. The molecular formula is C12H16N2. The fourth-order valence-electron chi connectivity index (χ4n) is 1.84. The molecule has 0 aliphatic carbocycles. The molecule has 0 bridgehead atoms. The molecule has 0 unspecified atom stereocenters. The quantitative estimate of drug-likeness (QED) is 0.724. The molecule has 2 aromatic rings. The third-order valence-electron chi connectivity index (χ3n) is 2.50. The summed E-state index contributed by atoms with van der Waals surface area (Å²) in [6, 6.07) is 8.47. The molecular weight excluding hydrogens is 172 g/mol. The molecule has 2 heteroatoms. The first-order chi connectivity index (χ1) is 6.86. The van der Waals surface area contributed by atoms with E-state index in [1.807, 2.05) is 0 Å². The molecule has 2 nitrogen and oxygen atoms in total. The molecule has 0 aliphatic heterocycles. The van der Waals surface area contributed by atoms with E-state index in [0.717, 1.165) is 19.4 Å². The van der Waals surface area contributed by atoms with Crippen LogP contribution in [0.1, 0.15) is 26.0 Å². The predicted octanol–water partition coefficient (Wildman–Crippen LogP) is 3.01. The van der Waals surface area contributed by atoms with Crippen molar-refractivity contribution in [1.29, 1.82) is 0 Å². The molecule has 1 aromatic heterocycles. The van der Waals surface area contributed by atoms with Crippen LogP contribution in [0.5, 0.6) is 0 Å². The highest BCUT2D eigenvalue weighted by Gasteiger charge is 2.06. The number of hydrogen-bond acceptors (Lipinski definition) is 1. The molecule has 0 fully saturated rings. The van der Waals surface area contributed by atoms with Crippen molar-refractivity contribution in [3.63, 3.8) is 0 Å². The summed E-state index contributed by atoms with van der Waals surface area (Å²) in [6.07, 6.45) is 2.14. The van der Waals surface area contributed by atoms with E-state index in [9.17, 15) is 0 Å². The predicted molar refractivity (Wildman–Crippen MR) is 59.4 cm³/mol. The minimum atomic E-state index is 1.01. The highest BCUT2D eigenvalue weighted by atomic mass is 15.3. The highest BCUT2D eigenvalue weighted by Crippen LogP contribution is 2.18. The maximum absolute atomic E-state index is 4.61. The summed E-state index contributed by atoms with van der Waals surface area (Å²) in [5.74, 6) is 0. The summed E-state index contributed by atoms with van der Waals surface area (Å²) < 4.78 is 2.12. The fraction of sp³-hybridized carbons (Fsp3) is 0.417. The van der Waals surface area contributed by atoms with E-state index < -0.39 is 0 Å². The van der Waals surface area contributed by atoms with Crippen LogP contribution < -0.4 is 0 Å². The third-order valence-corrected chi connectivity index (χ3v) is 2.50. The smallest absolute Gasteiger partial charge is 0.0700 e. The van der Waals surface area contributed by atoms with Crippen LogP contribution in [-0.2, 0) is 13.0 Å². The molecule has 0 saturated heterocycles. The zero-order valence-electron chi connectivity index (χ0n) is 8.83. The lowest BCUT2D eigenvalue weighted by Gasteiger charge is -1.98. The zero-order chi connectivity index (χ0) is 9.97. The van der Waals surface area contributed by atoms with Crippen molar-refractivity contribution in [2.45, 2.75) is 33.2 Å². The van der Waals surface area contributed by atoms with Crippen LogP contribution in [0.3, 0.4) is 0 Å². The molecule has 0 saturated carbocycles. The molecule has 74 valence electrons. The lowest BCUT2D eigenvalue weighted by Crippen LogP contribution is -1.98. The topological polar surface area (TPSA) is 17.8 Å². The molecule has 2 rings (SSSR count). The van der Waals surface area contributed by atoms with Gasteiger partial charge >= 0.3 is 0 Å². The van der Waals surface area contributed by atoms with Gasteiger partial charge in [-0.05, 0) is 18.9 Å². The van der Waals surface area contributed by atoms with E-state index in [1.165, 1.54) is 16.6 Å². The van der Waals surface area contributed by atoms with Crippen LogP contribution in [0.2, 0.25) is 0 Å². The van der Waals surface area contributed by atoms with Crippen LogP contribution >= 0.6 is 0 Å². The maximum Gasteiger partial charge on any atom is 0.0700 e. The monoisotopic (exact) mass is 188 g/mol. The Morgan fingerprint density at radius 3 is 2.71 bits per heavy atom. The van der Waals surface area contributed by atoms with Gasteiger partial charge in [-0.25, -0.2) is 0 Å². The first kappa shape index (κ1) is 9.25. The van der Waals surface area contributed by atoms with Gasteiger partial charge in [0.1, 0.15) is 0 Å². The van der Waals surface area contributed by atoms with Gasteiger partial charge in [0.25, 0.3) is 0 Å². The molecule has 0 N–H and O–H groups in total. The van der Waals surface area contributed by atoms with Crippen LogP contribution in [0.15, 0.2) is 24.3 Å². The van der Waals surface area contributed by atoms with Crippen molar-refractivity contribution in [3.05, 3.63) is 30.0 Å². The third kappa shape index (κ3) is 1.41. The Morgan fingerprint density at radius 2 is 2.00 bits per heavy atom. The molecule has 14 heavy (non-hydrogen) atoms. The Kier molecular flexibility index (Phi) is 2.53. The second kappa shape index (κ2) is 3.82. The Labute approximate surface area is 84.5 Å². The van der Waals surface area contributed by atoms with Crippen LogP contribution in [-0.4, -0.2) is 9.78 Å². The van der Waals surface area contributed by atoms with Gasteiger partial charge in [-0.3, -0.25) is 4.68 Å². The number of nitrogens with zero attached hydrogens (tertiary/aromatic N) is 2. The number of aryl methyl sites for hydroxylation is 2. The van der Waals surface area contributed by atoms with Crippen molar-refractivity contribution >= 4 is 10.9 Å². The Hall–Kier alpha value is -1.31. The van der Waals surface area contributed by atoms with E-state index in [1.54, 1.807) is 0 Å². The molecule has 0 atom stereocenters. The van der Waals surface area contributed by atoms with Crippen molar-refractivity contribution in [2.75, 3.05) is 0 Å². The minimum absolute atomic E-state index is 1.01. The standard InChI is InChI=1S/C12H16N2/c1-3-9-14-12-8-6-5-7-10(12)11(4-2)13-14/h5-8H,3-4,9H2,1-2H3. The molecule has 0 amide bonds. The molecule has 0 radical (unpaired) electrons. The Morgan fingerprint density at radius 1 is 1.21 bits per heavy atom. The van der Waals surface area contributed by atoms with Crippen molar-refractivity contribution in [3.8, 4) is 0 Å². The van der Waals surface area contributed by atoms with Crippen molar-refractivity contribution in [2.24, 2.45) is 0 Å². The Balaban J connectivity index is 2.61. The number of para-hydroxylation sites is 1. The average Bonchev–Trinajstić information content (AvgIpc) is 2.58. The summed E-state index contributed by atoms with van der Waals surface area (Å²) in [6.45, 7) is 5.35. The molecule has 1 aromatic carbocycles. The van der Waals surface area contributed by atoms with E-state index in [4.69, 9.17) is 0 Å². The van der Waals surface area contributed by atoms with E-state index in [-0.39, 0.29) is 0 Å². The van der Waals surface area contributed by atoms with Gasteiger partial charge in [-0.2, -0.15) is 5.10 Å². The SMILES string of the molecule is CCCn1nc(CC)c2ccccc21. The van der Waals surface area contributed by atoms with E-state index >= 15 is 0 Å². The van der Waals surface area contributed by atoms with Crippen molar-refractivity contribution in [1.82, 2.24) is 9.78 Å². The second-order valence-corrected chi connectivity index (χ2v) is 3.54. The summed E-state index contributed by atoms with van der Waals surface area (Å²) >= 11 is 0. The molecule has 1 heterocycles. The number of benzene rings is 1. The molecule has 0 spiro atoms. The number of fused-ring (bicyclic) bond motifs is 1. The number of aromatic nitrogens is 2. The summed E-state index contributed by atoms with van der Waals surface area (Å²) in [5.41, 5.74) is 2.49. The van der Waals surface area contributed by atoms with Crippen LogP contribution in [0, 0.1) is 0 Å². The average molecular weight is 188 g/mol. The van der Waals surface area contributed by atoms with Gasteiger partial charge in [0.2, 0.25) is 0 Å². The van der Waals surface area contributed by atoms with Crippen molar-refractivity contribution < 1.29 is 0 Å². The van der Waals surface area contributed by atoms with Gasteiger partial charge in [0.05, 0.1) is 11.2 Å². The zero-order valence-corrected chi connectivity index (χ0v) is 8.83. The van der Waals surface area contributed by atoms with Crippen LogP contribution in [0.4, 0.5) is 0 Å². The largest absolute Gasteiger partial charge is 0.265 e. The first-order valence-electron chi connectivity index (χ1n) is 5.31. The minimum Gasteiger partial charge on any atom is -0.265 e. The first-order valence-corrected chi connectivity index (χ1v) is 5.31. The van der Waals surface area contributed by atoms with Gasteiger partial charge in [0.15, 0.2) is 0 Å². The van der Waals surface area contributed by atoms with Gasteiger partial charge < -0.3 is 0 Å². The summed E-state index contributed by atoms with van der Waals surface area (Å²) in [7, 11) is 0. The number of hydrogen-bond donors (Lipinski definition) is 0. The number of rotatable bonds is 3. The lowest BCUT2D eigenvalue weighted by atomic mass is 10.2. The summed E-state index contributed by atoms with van der Waals surface area (Å²) in [4.78, 5) is 0. The fourth-order valence-corrected chi connectivity index (χ4v) is 1.84. The van der Waals surface area contributed by atoms with E-state index in [2.05, 4.69) is 47.9 Å². The van der Waals surface area contributed by atoms with Gasteiger partial charge in [-0.1, -0.05) is 32.0 Å². The van der Waals surface area contributed by atoms with Crippen LogP contribution in [0.25, 0.3) is 10.9 Å². The lowest BCUT2D eigenvalue weighted by molar-refractivity contribution is 0.613. The Bertz CT molecular complexity index is 429. The second-order valence-electron chi connectivity index (χ2n) is 3.54.